The van der Waals surface area contributed by atoms with E-state index in [9.17, 15) is 4.79 Å². The monoisotopic (exact) mass is 408 g/mol. The lowest BCUT2D eigenvalue weighted by Gasteiger charge is -2.26. The van der Waals surface area contributed by atoms with Crippen molar-refractivity contribution in [2.24, 2.45) is 5.41 Å². The molecule has 1 N–H and O–H groups in total. The van der Waals surface area contributed by atoms with Gasteiger partial charge in [-0.1, -0.05) is 6.92 Å². The van der Waals surface area contributed by atoms with Crippen LogP contribution in [0.2, 0.25) is 0 Å². The van der Waals surface area contributed by atoms with Crippen LogP contribution in [0.5, 0.6) is 17.2 Å². The molecule has 3 rings (SSSR count). The van der Waals surface area contributed by atoms with Gasteiger partial charge in [-0.3, -0.25) is 0 Å². The van der Waals surface area contributed by atoms with Crippen LogP contribution in [0.1, 0.15) is 17.3 Å². The zero-order valence-electron chi connectivity index (χ0n) is 15.7. The molecule has 8 heteroatoms. The van der Waals surface area contributed by atoms with Crippen LogP contribution in [0.25, 0.3) is 0 Å². The molecule has 7 nitrogen and oxygen atoms in total. The maximum atomic E-state index is 10.8. The Balaban J connectivity index is 1.24. The summed E-state index contributed by atoms with van der Waals surface area (Å²) in [6.07, 6.45) is 0. The number of fused-ring (bicyclic) bond motifs is 1. The molecule has 1 aromatic heterocycles. The van der Waals surface area contributed by atoms with Gasteiger partial charge in [-0.15, -0.1) is 11.3 Å². The summed E-state index contributed by atoms with van der Waals surface area (Å²) in [6, 6.07) is 6.27. The van der Waals surface area contributed by atoms with Crippen molar-refractivity contribution in [2.45, 2.75) is 6.92 Å². The molecule has 0 amide bonds. The van der Waals surface area contributed by atoms with Gasteiger partial charge in [-0.2, -0.15) is 0 Å². The first-order valence-corrected chi connectivity index (χ1v) is 9.93. The average Bonchev–Trinajstić information content (AvgIpc) is 3.09. The van der Waals surface area contributed by atoms with Crippen molar-refractivity contribution in [1.82, 2.24) is 0 Å². The van der Waals surface area contributed by atoms with Gasteiger partial charge in [0.25, 0.3) is 0 Å². The van der Waals surface area contributed by atoms with Crippen molar-refractivity contribution in [1.29, 1.82) is 0 Å². The third-order valence-corrected chi connectivity index (χ3v) is 4.87. The first kappa shape index (κ1) is 20.4. The summed E-state index contributed by atoms with van der Waals surface area (Å²) in [5, 5.41) is 12.7. The van der Waals surface area contributed by atoms with Gasteiger partial charge in [0.15, 0.2) is 11.5 Å². The molecule has 2 heterocycles. The molecular formula is C20H24O7S. The van der Waals surface area contributed by atoms with Gasteiger partial charge in [-0.25, -0.2) is 4.79 Å². The van der Waals surface area contributed by atoms with Crippen LogP contribution >= 0.6 is 11.3 Å². The number of carbonyl (C=O) groups is 1. The fraction of sp³-hybridized carbons (Fsp3) is 0.450. The second kappa shape index (κ2) is 9.77. The van der Waals surface area contributed by atoms with Crippen molar-refractivity contribution in [3.63, 3.8) is 0 Å². The molecule has 0 aliphatic carbocycles. The summed E-state index contributed by atoms with van der Waals surface area (Å²) in [6.45, 7) is 5.44. The molecule has 152 valence electrons. The smallest absolute Gasteiger partial charge is 0.335 e. The van der Waals surface area contributed by atoms with Crippen LogP contribution in [0.3, 0.4) is 0 Å². The Hall–Kier alpha value is -2.29. The Morgan fingerprint density at radius 2 is 1.64 bits per heavy atom. The summed E-state index contributed by atoms with van der Waals surface area (Å²) in [5.74, 6) is 1.26. The topological polar surface area (TPSA) is 83.5 Å². The van der Waals surface area contributed by atoms with Crippen LogP contribution in [0.4, 0.5) is 0 Å². The number of carboxylic acid groups (broad SMARTS) is 1. The molecule has 0 bridgehead atoms. The second-order valence-electron chi connectivity index (χ2n) is 6.83. The second-order valence-corrected chi connectivity index (χ2v) is 7.57. The molecule has 1 aliphatic heterocycles. The summed E-state index contributed by atoms with van der Waals surface area (Å²) in [5.41, 5.74) is 0.0245. The Bertz CT molecular complexity index is 734. The molecule has 28 heavy (non-hydrogen) atoms. The molecule has 0 spiro atoms. The number of thiophene rings is 1. The van der Waals surface area contributed by atoms with E-state index >= 15 is 0 Å². The lowest BCUT2D eigenvalue weighted by Crippen LogP contribution is -2.35. The Kier molecular flexibility index (Phi) is 7.13. The molecule has 0 unspecified atom stereocenters. The Morgan fingerprint density at radius 1 is 1.04 bits per heavy atom. The van der Waals surface area contributed by atoms with Crippen molar-refractivity contribution < 1.29 is 33.6 Å². The van der Waals surface area contributed by atoms with E-state index < -0.39 is 5.97 Å². The highest BCUT2D eigenvalue weighted by Gasteiger charge is 2.31. The van der Waals surface area contributed by atoms with Crippen LogP contribution in [-0.2, 0) is 9.47 Å². The first-order chi connectivity index (χ1) is 13.6. The Morgan fingerprint density at radius 3 is 2.29 bits per heavy atom. The van der Waals surface area contributed by atoms with Gasteiger partial charge < -0.3 is 28.8 Å². The largest absolute Gasteiger partial charge is 0.491 e. The fourth-order valence-corrected chi connectivity index (χ4v) is 3.25. The summed E-state index contributed by atoms with van der Waals surface area (Å²) in [4.78, 5) is 10.8. The molecule has 1 aliphatic rings. The molecule has 0 saturated carbocycles. The highest BCUT2D eigenvalue weighted by molar-refractivity contribution is 7.08. The van der Waals surface area contributed by atoms with Gasteiger partial charge in [0.1, 0.15) is 12.4 Å². The van der Waals surface area contributed by atoms with Gasteiger partial charge in [0, 0.05) is 10.8 Å². The minimum Gasteiger partial charge on any atom is -0.491 e. The van der Waals surface area contributed by atoms with E-state index in [1.165, 1.54) is 12.1 Å². The van der Waals surface area contributed by atoms with Crippen LogP contribution in [0.15, 0.2) is 35.0 Å². The summed E-state index contributed by atoms with van der Waals surface area (Å²) in [7, 11) is 0. The quantitative estimate of drug-likeness (QED) is 0.604. The number of hydrogen-bond acceptors (Lipinski definition) is 7. The maximum Gasteiger partial charge on any atom is 0.335 e. The molecule has 0 saturated heterocycles. The summed E-state index contributed by atoms with van der Waals surface area (Å²) >= 11 is 1.56. The fourth-order valence-electron chi connectivity index (χ4n) is 2.56. The molecule has 1 aromatic carbocycles. The van der Waals surface area contributed by atoms with E-state index in [1.807, 2.05) is 10.8 Å². The van der Waals surface area contributed by atoms with E-state index in [4.69, 9.17) is 28.8 Å². The number of aromatic carboxylic acids is 1. The lowest BCUT2D eigenvalue weighted by molar-refractivity contribution is -0.0196. The minimum atomic E-state index is -0.957. The van der Waals surface area contributed by atoms with E-state index in [2.05, 4.69) is 6.92 Å². The van der Waals surface area contributed by atoms with Gasteiger partial charge in [-0.05, 0) is 24.3 Å². The number of hydrogen-bond donors (Lipinski definition) is 1. The molecular weight excluding hydrogens is 384 g/mol. The molecule has 2 aromatic rings. The lowest BCUT2D eigenvalue weighted by atomic mass is 9.94. The summed E-state index contributed by atoms with van der Waals surface area (Å²) < 4.78 is 28.3. The van der Waals surface area contributed by atoms with Gasteiger partial charge in [0.2, 0.25) is 0 Å². The van der Waals surface area contributed by atoms with E-state index in [0.29, 0.717) is 52.0 Å². The van der Waals surface area contributed by atoms with Crippen molar-refractivity contribution >= 4 is 17.3 Å². The number of carboxylic acids is 1. The predicted molar refractivity (Wildman–Crippen MR) is 104 cm³/mol. The van der Waals surface area contributed by atoms with Crippen molar-refractivity contribution in [2.75, 3.05) is 46.2 Å². The van der Waals surface area contributed by atoms with E-state index in [0.717, 1.165) is 11.5 Å². The van der Waals surface area contributed by atoms with Crippen molar-refractivity contribution in [3.8, 4) is 17.2 Å². The number of ether oxygens (including phenoxy) is 5. The van der Waals surface area contributed by atoms with Crippen LogP contribution in [0, 0.1) is 5.41 Å². The predicted octanol–water partition coefficient (Wildman–Crippen LogP) is 3.34. The number of rotatable bonds is 10. The maximum absolute atomic E-state index is 10.8. The third kappa shape index (κ3) is 5.85. The average molecular weight is 408 g/mol. The standard InChI is InChI=1S/C20H24O7S/c1-20(13-26-17-10-28-11-18(17)27-14-20)12-24-7-6-23-8-9-25-16-4-2-15(3-5-16)19(21)22/h2-5,10-11H,6-9,12-14H2,1H3,(H,21,22). The normalized spacial score (nSPS) is 15.0. The molecule has 0 atom stereocenters. The first-order valence-electron chi connectivity index (χ1n) is 8.99. The van der Waals surface area contributed by atoms with E-state index in [-0.39, 0.29) is 11.0 Å². The molecule has 0 radical (unpaired) electrons. The minimum absolute atomic E-state index is 0.206. The molecule has 0 fully saturated rings. The van der Waals surface area contributed by atoms with Gasteiger partial charge in [0.05, 0.1) is 50.6 Å². The van der Waals surface area contributed by atoms with Gasteiger partial charge >= 0.3 is 5.97 Å². The zero-order valence-corrected chi connectivity index (χ0v) is 16.5. The zero-order chi connectivity index (χ0) is 19.8. The highest BCUT2D eigenvalue weighted by Crippen LogP contribution is 2.36. The van der Waals surface area contributed by atoms with Crippen LogP contribution in [-0.4, -0.2) is 57.3 Å². The number of benzene rings is 1. The SMILES string of the molecule is CC1(COCCOCCOc2ccc(C(=O)O)cc2)COc2cscc2OC1. The Labute approximate surface area is 167 Å². The van der Waals surface area contributed by atoms with Crippen molar-refractivity contribution in [3.05, 3.63) is 40.6 Å². The third-order valence-electron chi connectivity index (χ3n) is 4.17. The van der Waals surface area contributed by atoms with Crippen LogP contribution < -0.4 is 14.2 Å². The highest BCUT2D eigenvalue weighted by atomic mass is 32.1. The van der Waals surface area contributed by atoms with E-state index in [1.54, 1.807) is 23.5 Å².